The number of hydrogen-bond donors (Lipinski definition) is 0. The summed E-state index contributed by atoms with van der Waals surface area (Å²) in [6, 6.07) is 0. The Morgan fingerprint density at radius 3 is 1.76 bits per heavy atom. The van der Waals surface area contributed by atoms with E-state index in [1.807, 2.05) is 0 Å². The molecule has 0 saturated heterocycles. The fourth-order valence-electron chi connectivity index (χ4n) is 1.05. The second-order valence-corrected chi connectivity index (χ2v) is 2.90. The first-order valence-corrected chi connectivity index (χ1v) is 4.82. The third kappa shape index (κ3) is 4.87. The molecule has 0 bridgehead atoms. The van der Waals surface area contributed by atoms with Gasteiger partial charge in [-0.25, -0.2) is 0 Å². The van der Waals surface area contributed by atoms with Crippen LogP contribution in [0.25, 0.3) is 0 Å². The summed E-state index contributed by atoms with van der Waals surface area (Å²) in [5, 5.41) is 0. The van der Waals surface area contributed by atoms with Gasteiger partial charge in [0.2, 0.25) is 0 Å². The number of imidazole rings is 2. The van der Waals surface area contributed by atoms with Crippen LogP contribution >= 0.6 is 0 Å². The molecule has 17 heavy (non-hydrogen) atoms. The average molecular weight is 409 g/mol. The number of aromatic nitrogens is 4. The number of hydrogen-bond acceptors (Lipinski definition) is 4. The standard InChI is InChI=1S/C10H10N6.Pt/c1(11-7-9-13-3-4-14-9)2-12-8-10-15-5-6-16-10;/h3-8H,1-2H2;/q-2;+2. The molecular weight excluding hydrogens is 399 g/mol. The summed E-state index contributed by atoms with van der Waals surface area (Å²) >= 11 is 0. The average Bonchev–Trinajstić information content (AvgIpc) is 2.96. The molecule has 90 valence electrons. The first-order valence-electron chi connectivity index (χ1n) is 4.82. The number of rotatable bonds is 5. The van der Waals surface area contributed by atoms with Crippen LogP contribution in [0.2, 0.25) is 0 Å². The second kappa shape index (κ2) is 7.68. The van der Waals surface area contributed by atoms with E-state index in [1.54, 1.807) is 37.2 Å². The van der Waals surface area contributed by atoms with Crippen molar-refractivity contribution in [2.24, 2.45) is 9.98 Å². The Bertz CT molecular complexity index is 401. The van der Waals surface area contributed by atoms with Crippen molar-refractivity contribution in [3.05, 3.63) is 36.4 Å². The van der Waals surface area contributed by atoms with Gasteiger partial charge in [0.05, 0.1) is 13.1 Å². The van der Waals surface area contributed by atoms with Gasteiger partial charge in [0.25, 0.3) is 0 Å². The molecule has 2 aromatic heterocycles. The molecule has 0 saturated carbocycles. The van der Waals surface area contributed by atoms with Gasteiger partial charge in [-0.1, -0.05) is 24.8 Å². The Morgan fingerprint density at radius 1 is 0.941 bits per heavy atom. The molecule has 0 aliphatic carbocycles. The molecule has 2 heterocycles. The summed E-state index contributed by atoms with van der Waals surface area (Å²) in [6.45, 7) is 1.21. The minimum absolute atomic E-state index is 0. The molecule has 0 amide bonds. The smallest absolute Gasteiger partial charge is 0.442 e. The molecule has 0 N–H and O–H groups in total. The van der Waals surface area contributed by atoms with Gasteiger partial charge in [-0.3, -0.25) is 9.98 Å². The van der Waals surface area contributed by atoms with E-state index >= 15 is 0 Å². The quantitative estimate of drug-likeness (QED) is 0.512. The molecule has 0 spiro atoms. The predicted octanol–water partition coefficient (Wildman–Crippen LogP) is -0.0735. The zero-order valence-corrected chi connectivity index (χ0v) is 11.2. The van der Waals surface area contributed by atoms with Gasteiger partial charge in [-0.15, -0.1) is 0 Å². The van der Waals surface area contributed by atoms with Gasteiger partial charge >= 0.3 is 21.1 Å². The van der Waals surface area contributed by atoms with Crippen LogP contribution in [0.1, 0.15) is 11.6 Å². The van der Waals surface area contributed by atoms with Crippen molar-refractivity contribution in [1.29, 1.82) is 0 Å². The van der Waals surface area contributed by atoms with Crippen LogP contribution in [0.3, 0.4) is 0 Å². The van der Waals surface area contributed by atoms with Crippen LogP contribution in [0.5, 0.6) is 0 Å². The van der Waals surface area contributed by atoms with E-state index in [0.717, 1.165) is 0 Å². The summed E-state index contributed by atoms with van der Waals surface area (Å²) in [6.07, 6.45) is 9.79. The number of aliphatic imine (C=N–C) groups is 2. The zero-order valence-electron chi connectivity index (χ0n) is 8.88. The van der Waals surface area contributed by atoms with Gasteiger partial charge in [0.15, 0.2) is 0 Å². The summed E-state index contributed by atoms with van der Waals surface area (Å²) in [5.74, 6) is 1.26. The van der Waals surface area contributed by atoms with E-state index in [4.69, 9.17) is 0 Å². The minimum Gasteiger partial charge on any atom is -0.442 e. The summed E-state index contributed by atoms with van der Waals surface area (Å²) in [4.78, 5) is 24.1. The van der Waals surface area contributed by atoms with Crippen molar-refractivity contribution >= 4 is 12.4 Å². The van der Waals surface area contributed by atoms with E-state index in [2.05, 4.69) is 29.9 Å². The van der Waals surface area contributed by atoms with Crippen LogP contribution < -0.4 is 9.97 Å². The predicted molar refractivity (Wildman–Crippen MR) is 60.0 cm³/mol. The van der Waals surface area contributed by atoms with Gasteiger partial charge in [0.1, 0.15) is 0 Å². The topological polar surface area (TPSA) is 78.7 Å². The fourth-order valence-corrected chi connectivity index (χ4v) is 1.05. The van der Waals surface area contributed by atoms with E-state index in [0.29, 0.717) is 24.7 Å². The monoisotopic (exact) mass is 409 g/mol. The first kappa shape index (κ1) is 13.5. The Balaban J connectivity index is 0.00000144. The maximum absolute atomic E-state index is 4.13. The SMILES string of the molecule is C(=NCCN=Cc1ncc[n-]1)c1ncc[n-]1.[Pt+2]. The molecule has 0 aromatic carbocycles. The van der Waals surface area contributed by atoms with Gasteiger partial charge < -0.3 is 19.9 Å². The molecule has 0 aliphatic heterocycles. The second-order valence-electron chi connectivity index (χ2n) is 2.90. The largest absolute Gasteiger partial charge is 2.00 e. The maximum Gasteiger partial charge on any atom is 2.00 e. The third-order valence-electron chi connectivity index (χ3n) is 1.73. The van der Waals surface area contributed by atoms with E-state index in [-0.39, 0.29) is 21.1 Å². The molecule has 6 nitrogen and oxygen atoms in total. The van der Waals surface area contributed by atoms with E-state index < -0.39 is 0 Å². The van der Waals surface area contributed by atoms with Crippen molar-refractivity contribution in [3.63, 3.8) is 0 Å². The summed E-state index contributed by atoms with van der Waals surface area (Å²) < 4.78 is 0. The summed E-state index contributed by atoms with van der Waals surface area (Å²) in [5.41, 5.74) is 0. The van der Waals surface area contributed by atoms with Gasteiger partial charge in [0, 0.05) is 12.4 Å². The van der Waals surface area contributed by atoms with Crippen molar-refractivity contribution in [2.45, 2.75) is 0 Å². The fraction of sp³-hybridized carbons (Fsp3) is 0.200. The van der Waals surface area contributed by atoms with Gasteiger partial charge in [-0.05, 0) is 11.6 Å². The van der Waals surface area contributed by atoms with Crippen LogP contribution in [-0.2, 0) is 21.1 Å². The van der Waals surface area contributed by atoms with Gasteiger partial charge in [-0.2, -0.15) is 0 Å². The molecule has 0 aliphatic rings. The maximum atomic E-state index is 4.13. The van der Waals surface area contributed by atoms with E-state index in [1.165, 1.54) is 0 Å². The van der Waals surface area contributed by atoms with Crippen LogP contribution in [0.15, 0.2) is 34.8 Å². The Labute approximate surface area is 113 Å². The Kier molecular flexibility index (Phi) is 6.10. The zero-order chi connectivity index (χ0) is 11.1. The molecule has 0 radical (unpaired) electrons. The molecular formula is C10H10N6Pt. The van der Waals surface area contributed by atoms with Crippen molar-refractivity contribution in [2.75, 3.05) is 13.1 Å². The first-order chi connectivity index (χ1) is 7.95. The molecule has 0 atom stereocenters. The van der Waals surface area contributed by atoms with Crippen molar-refractivity contribution in [3.8, 4) is 0 Å². The van der Waals surface area contributed by atoms with Crippen LogP contribution in [-0.4, -0.2) is 35.5 Å². The Morgan fingerprint density at radius 2 is 1.41 bits per heavy atom. The molecule has 7 heteroatoms. The van der Waals surface area contributed by atoms with E-state index in [9.17, 15) is 0 Å². The van der Waals surface area contributed by atoms with Crippen LogP contribution in [0.4, 0.5) is 0 Å². The summed E-state index contributed by atoms with van der Waals surface area (Å²) in [7, 11) is 0. The van der Waals surface area contributed by atoms with Crippen molar-refractivity contribution in [1.82, 2.24) is 19.9 Å². The van der Waals surface area contributed by atoms with Crippen molar-refractivity contribution < 1.29 is 21.1 Å². The normalized spacial score (nSPS) is 11.1. The molecule has 2 rings (SSSR count). The van der Waals surface area contributed by atoms with Crippen LogP contribution in [0, 0.1) is 0 Å². The molecule has 0 fully saturated rings. The minimum atomic E-state index is 0. The molecule has 2 aromatic rings. The third-order valence-corrected chi connectivity index (χ3v) is 1.73. The molecule has 0 unspecified atom stereocenters. The Hall–Kier alpha value is -1.55. The number of nitrogens with zero attached hydrogens (tertiary/aromatic N) is 6.